The Hall–Kier alpha value is -2.51. The van der Waals surface area contributed by atoms with Gasteiger partial charge in [0.15, 0.2) is 0 Å². The quantitative estimate of drug-likeness (QED) is 0.432. The van der Waals surface area contributed by atoms with Crippen LogP contribution in [0.15, 0.2) is 91.1 Å². The maximum Gasteiger partial charge on any atom is 0.0454 e. The third-order valence-corrected chi connectivity index (χ3v) is 3.63. The Morgan fingerprint density at radius 1 is 0.636 bits per heavy atom. The van der Waals surface area contributed by atoms with Gasteiger partial charge in [-0.3, -0.25) is 0 Å². The highest BCUT2D eigenvalue weighted by atomic mass is 35.5. The van der Waals surface area contributed by atoms with Crippen molar-refractivity contribution in [1.29, 1.82) is 0 Å². The van der Waals surface area contributed by atoms with Gasteiger partial charge in [0.2, 0.25) is 0 Å². The van der Waals surface area contributed by atoms with Gasteiger partial charge in [-0.2, -0.15) is 0 Å². The normalized spacial score (nSPS) is 10.0. The highest BCUT2D eigenvalue weighted by Crippen LogP contribution is 2.17. The fraction of sp³-hybridized carbons (Fsp3) is 0. The lowest BCUT2D eigenvalue weighted by Crippen LogP contribution is -1.73. The third-order valence-electron chi connectivity index (χ3n) is 3.40. The standard InChI is InChI=1S/C12H10.C8H6ClN/c1-3-7-11(8-4-1)12-9-5-2-6-10-12;9-7-1-2-8-6(5-7)3-4-10-8/h1-10H;1-5,10H. The molecule has 1 N–H and O–H groups in total. The Kier molecular flexibility index (Phi) is 4.57. The first-order chi connectivity index (χ1) is 10.8. The first-order valence-electron chi connectivity index (χ1n) is 7.16. The molecule has 0 amide bonds. The van der Waals surface area contributed by atoms with E-state index in [1.165, 1.54) is 11.1 Å². The number of nitrogens with one attached hydrogen (secondary N) is 1. The van der Waals surface area contributed by atoms with Crippen molar-refractivity contribution in [2.75, 3.05) is 0 Å². The van der Waals surface area contributed by atoms with Crippen LogP contribution in [-0.2, 0) is 0 Å². The molecule has 0 aliphatic carbocycles. The molecular formula is C20H16ClN. The Balaban J connectivity index is 0.000000133. The number of halogens is 1. The Morgan fingerprint density at radius 3 is 1.82 bits per heavy atom. The summed E-state index contributed by atoms with van der Waals surface area (Å²) in [5.41, 5.74) is 3.68. The zero-order valence-corrected chi connectivity index (χ0v) is 12.8. The first kappa shape index (κ1) is 14.4. The molecule has 1 aromatic heterocycles. The molecule has 0 radical (unpaired) electrons. The Bertz CT molecular complexity index is 798. The predicted octanol–water partition coefficient (Wildman–Crippen LogP) is 6.17. The third kappa shape index (κ3) is 3.57. The van der Waals surface area contributed by atoms with Crippen LogP contribution in [0.5, 0.6) is 0 Å². The smallest absolute Gasteiger partial charge is 0.0454 e. The summed E-state index contributed by atoms with van der Waals surface area (Å²) in [4.78, 5) is 3.09. The van der Waals surface area contributed by atoms with Crippen LogP contribution in [-0.4, -0.2) is 4.98 Å². The number of hydrogen-bond acceptors (Lipinski definition) is 0. The fourth-order valence-electron chi connectivity index (χ4n) is 2.29. The van der Waals surface area contributed by atoms with Crippen molar-refractivity contribution in [3.8, 4) is 11.1 Å². The SMILES string of the molecule is Clc1ccc2[nH]ccc2c1.c1ccc(-c2ccccc2)cc1. The minimum atomic E-state index is 0.784. The number of fused-ring (bicyclic) bond motifs is 1. The molecule has 1 nitrogen and oxygen atoms in total. The monoisotopic (exact) mass is 305 g/mol. The minimum Gasteiger partial charge on any atom is -0.361 e. The second kappa shape index (κ2) is 6.97. The van der Waals surface area contributed by atoms with Crippen LogP contribution in [0.1, 0.15) is 0 Å². The summed E-state index contributed by atoms with van der Waals surface area (Å²) in [7, 11) is 0. The molecule has 1 heterocycles. The molecule has 4 rings (SSSR count). The Labute approximate surface area is 135 Å². The molecule has 0 saturated heterocycles. The number of aromatic amines is 1. The van der Waals surface area contributed by atoms with Gasteiger partial charge in [-0.05, 0) is 35.4 Å². The van der Waals surface area contributed by atoms with Crippen LogP contribution in [0, 0.1) is 0 Å². The van der Waals surface area contributed by atoms with Crippen LogP contribution in [0.3, 0.4) is 0 Å². The van der Waals surface area contributed by atoms with Gasteiger partial charge in [0.05, 0.1) is 0 Å². The summed E-state index contributed by atoms with van der Waals surface area (Å²) >= 11 is 5.76. The van der Waals surface area contributed by atoms with Gasteiger partial charge in [-0.25, -0.2) is 0 Å². The van der Waals surface area contributed by atoms with E-state index in [0.717, 1.165) is 15.9 Å². The molecule has 108 valence electrons. The summed E-state index contributed by atoms with van der Waals surface area (Å²) in [6, 6.07) is 28.6. The van der Waals surface area contributed by atoms with E-state index >= 15 is 0 Å². The van der Waals surface area contributed by atoms with Crippen LogP contribution < -0.4 is 0 Å². The van der Waals surface area contributed by atoms with Crippen LogP contribution in [0.4, 0.5) is 0 Å². The second-order valence-electron chi connectivity index (χ2n) is 4.94. The Morgan fingerprint density at radius 2 is 1.23 bits per heavy atom. The van der Waals surface area contributed by atoms with Gasteiger partial charge < -0.3 is 4.98 Å². The van der Waals surface area contributed by atoms with Crippen molar-refractivity contribution in [2.24, 2.45) is 0 Å². The maximum absolute atomic E-state index is 5.76. The van der Waals surface area contributed by atoms with E-state index < -0.39 is 0 Å². The fourth-order valence-corrected chi connectivity index (χ4v) is 2.47. The molecule has 22 heavy (non-hydrogen) atoms. The molecular weight excluding hydrogens is 290 g/mol. The maximum atomic E-state index is 5.76. The largest absolute Gasteiger partial charge is 0.361 e. The van der Waals surface area contributed by atoms with E-state index in [1.54, 1.807) is 0 Å². The van der Waals surface area contributed by atoms with Crippen molar-refractivity contribution < 1.29 is 0 Å². The topological polar surface area (TPSA) is 15.8 Å². The zero-order chi connectivity index (χ0) is 15.2. The van der Waals surface area contributed by atoms with Gasteiger partial charge in [-0.15, -0.1) is 0 Å². The molecule has 0 unspecified atom stereocenters. The summed E-state index contributed by atoms with van der Waals surface area (Å²) in [6.07, 6.45) is 1.90. The van der Waals surface area contributed by atoms with Crippen molar-refractivity contribution in [3.63, 3.8) is 0 Å². The number of H-pyrrole nitrogens is 1. The summed E-state index contributed by atoms with van der Waals surface area (Å²) in [5, 5.41) is 1.94. The van der Waals surface area contributed by atoms with E-state index in [9.17, 15) is 0 Å². The lowest BCUT2D eigenvalue weighted by atomic mass is 10.1. The van der Waals surface area contributed by atoms with Crippen LogP contribution in [0.25, 0.3) is 22.0 Å². The van der Waals surface area contributed by atoms with Crippen molar-refractivity contribution in [3.05, 3.63) is 96.1 Å². The van der Waals surface area contributed by atoms with Gasteiger partial charge in [0, 0.05) is 22.1 Å². The van der Waals surface area contributed by atoms with Crippen molar-refractivity contribution >= 4 is 22.5 Å². The number of hydrogen-bond donors (Lipinski definition) is 1. The minimum absolute atomic E-state index is 0.784. The molecule has 0 bridgehead atoms. The highest BCUT2D eigenvalue weighted by Gasteiger charge is 1.93. The van der Waals surface area contributed by atoms with Gasteiger partial charge in [-0.1, -0.05) is 72.3 Å². The number of benzene rings is 3. The summed E-state index contributed by atoms with van der Waals surface area (Å²) in [6.45, 7) is 0. The van der Waals surface area contributed by atoms with E-state index in [0.29, 0.717) is 0 Å². The summed E-state index contributed by atoms with van der Waals surface area (Å²) in [5.74, 6) is 0. The van der Waals surface area contributed by atoms with Gasteiger partial charge >= 0.3 is 0 Å². The molecule has 0 aliphatic rings. The molecule has 0 aliphatic heterocycles. The zero-order valence-electron chi connectivity index (χ0n) is 12.0. The summed E-state index contributed by atoms with van der Waals surface area (Å²) < 4.78 is 0. The number of rotatable bonds is 1. The lowest BCUT2D eigenvalue weighted by molar-refractivity contribution is 1.48. The van der Waals surface area contributed by atoms with E-state index in [2.05, 4.69) is 53.5 Å². The molecule has 4 aromatic rings. The molecule has 0 spiro atoms. The van der Waals surface area contributed by atoms with Gasteiger partial charge in [0.1, 0.15) is 0 Å². The van der Waals surface area contributed by atoms with E-state index in [-0.39, 0.29) is 0 Å². The average molecular weight is 306 g/mol. The van der Waals surface area contributed by atoms with Gasteiger partial charge in [0.25, 0.3) is 0 Å². The molecule has 0 saturated carbocycles. The second-order valence-corrected chi connectivity index (χ2v) is 5.38. The molecule has 0 atom stereocenters. The molecule has 0 fully saturated rings. The van der Waals surface area contributed by atoms with E-state index in [1.807, 2.05) is 42.6 Å². The first-order valence-corrected chi connectivity index (χ1v) is 7.54. The number of aromatic nitrogens is 1. The average Bonchev–Trinajstić information content (AvgIpc) is 3.05. The van der Waals surface area contributed by atoms with E-state index in [4.69, 9.17) is 11.6 Å². The predicted molar refractivity (Wildman–Crippen MR) is 95.2 cm³/mol. The van der Waals surface area contributed by atoms with Crippen molar-refractivity contribution in [2.45, 2.75) is 0 Å². The van der Waals surface area contributed by atoms with Crippen LogP contribution in [0.2, 0.25) is 5.02 Å². The van der Waals surface area contributed by atoms with Crippen LogP contribution >= 0.6 is 11.6 Å². The molecule has 2 heteroatoms. The van der Waals surface area contributed by atoms with Crippen molar-refractivity contribution in [1.82, 2.24) is 4.98 Å². The lowest BCUT2D eigenvalue weighted by Gasteiger charge is -1.98. The highest BCUT2D eigenvalue weighted by molar-refractivity contribution is 6.31. The molecule has 3 aromatic carbocycles.